The Morgan fingerprint density at radius 2 is 2.00 bits per heavy atom. The summed E-state index contributed by atoms with van der Waals surface area (Å²) in [7, 11) is 0. The van der Waals surface area contributed by atoms with Gasteiger partial charge in [-0.3, -0.25) is 4.79 Å². The van der Waals surface area contributed by atoms with Gasteiger partial charge < -0.3 is 10.1 Å². The summed E-state index contributed by atoms with van der Waals surface area (Å²) in [6, 6.07) is 10.6. The van der Waals surface area contributed by atoms with Crippen molar-refractivity contribution in [3.63, 3.8) is 0 Å². The van der Waals surface area contributed by atoms with Gasteiger partial charge in [-0.1, -0.05) is 24.3 Å². The van der Waals surface area contributed by atoms with E-state index in [4.69, 9.17) is 10.4 Å². The Labute approximate surface area is 120 Å². The quantitative estimate of drug-likeness (QED) is 0.843. The maximum absolute atomic E-state index is 11.8. The molecule has 2 rings (SSSR count). The fourth-order valence-corrected chi connectivity index (χ4v) is 1.97. The molecule has 5 heteroatoms. The third-order valence-corrected chi connectivity index (χ3v) is 2.92. The van der Waals surface area contributed by atoms with Gasteiger partial charge in [0.25, 0.3) is 5.56 Å². The van der Waals surface area contributed by atoms with Crippen molar-refractivity contribution in [1.29, 1.82) is 5.26 Å². The standard InChI is InChI=1S/C16H12N2O3/c1-10-8-13(14(9-17)16(21)18-10)12-5-2-11(3-6-12)4-7-15(19)20/h2-8H,1H3,(H,18,21)(H,19,20). The molecule has 2 aromatic rings. The van der Waals surface area contributed by atoms with Crippen molar-refractivity contribution in [2.45, 2.75) is 6.92 Å². The van der Waals surface area contributed by atoms with E-state index >= 15 is 0 Å². The maximum Gasteiger partial charge on any atom is 0.328 e. The van der Waals surface area contributed by atoms with E-state index in [2.05, 4.69) is 4.98 Å². The third-order valence-electron chi connectivity index (χ3n) is 2.92. The fraction of sp³-hybridized carbons (Fsp3) is 0.0625. The number of benzene rings is 1. The molecule has 0 aliphatic heterocycles. The predicted octanol–water partition coefficient (Wildman–Crippen LogP) is 2.32. The number of carboxylic acid groups (broad SMARTS) is 1. The number of nitriles is 1. The van der Waals surface area contributed by atoms with Crippen LogP contribution in [0, 0.1) is 18.3 Å². The second-order valence-corrected chi connectivity index (χ2v) is 4.48. The minimum Gasteiger partial charge on any atom is -0.478 e. The molecular formula is C16H12N2O3. The smallest absolute Gasteiger partial charge is 0.328 e. The first-order chi connectivity index (χ1) is 10.0. The second kappa shape index (κ2) is 5.88. The van der Waals surface area contributed by atoms with Gasteiger partial charge in [-0.25, -0.2) is 4.79 Å². The summed E-state index contributed by atoms with van der Waals surface area (Å²) in [4.78, 5) is 24.8. The molecule has 1 aromatic carbocycles. The number of carboxylic acids is 1. The zero-order valence-corrected chi connectivity index (χ0v) is 11.3. The lowest BCUT2D eigenvalue weighted by molar-refractivity contribution is -0.131. The molecule has 104 valence electrons. The monoisotopic (exact) mass is 280 g/mol. The number of aromatic amines is 1. The Morgan fingerprint density at radius 3 is 2.57 bits per heavy atom. The van der Waals surface area contributed by atoms with Crippen molar-refractivity contribution in [3.8, 4) is 17.2 Å². The zero-order valence-electron chi connectivity index (χ0n) is 11.3. The highest BCUT2D eigenvalue weighted by Crippen LogP contribution is 2.22. The molecule has 0 spiro atoms. The first-order valence-electron chi connectivity index (χ1n) is 6.16. The number of nitrogens with one attached hydrogen (secondary N) is 1. The van der Waals surface area contributed by atoms with E-state index in [1.165, 1.54) is 6.08 Å². The van der Waals surface area contributed by atoms with E-state index in [0.29, 0.717) is 11.3 Å². The van der Waals surface area contributed by atoms with Gasteiger partial charge in [0, 0.05) is 17.3 Å². The molecule has 0 fully saturated rings. The fourth-order valence-electron chi connectivity index (χ4n) is 1.97. The molecule has 0 atom stereocenters. The summed E-state index contributed by atoms with van der Waals surface area (Å²) in [6.07, 6.45) is 2.52. The Morgan fingerprint density at radius 1 is 1.33 bits per heavy atom. The second-order valence-electron chi connectivity index (χ2n) is 4.48. The van der Waals surface area contributed by atoms with Crippen molar-refractivity contribution >= 4 is 12.0 Å². The maximum atomic E-state index is 11.8. The van der Waals surface area contributed by atoms with Crippen LogP contribution >= 0.6 is 0 Å². The minimum absolute atomic E-state index is 0.0643. The highest BCUT2D eigenvalue weighted by molar-refractivity contribution is 5.85. The van der Waals surface area contributed by atoms with Crippen LogP contribution in [0.3, 0.4) is 0 Å². The number of hydrogen-bond donors (Lipinski definition) is 2. The van der Waals surface area contributed by atoms with Crippen LogP contribution in [0.4, 0.5) is 0 Å². The molecule has 0 saturated carbocycles. The van der Waals surface area contributed by atoms with Gasteiger partial charge in [0.2, 0.25) is 0 Å². The summed E-state index contributed by atoms with van der Waals surface area (Å²) in [5.74, 6) is -1.02. The number of H-pyrrole nitrogens is 1. The molecule has 2 N–H and O–H groups in total. The topological polar surface area (TPSA) is 93.9 Å². The Balaban J connectivity index is 2.47. The van der Waals surface area contributed by atoms with Gasteiger partial charge in [0.1, 0.15) is 11.6 Å². The van der Waals surface area contributed by atoms with Crippen molar-refractivity contribution in [3.05, 3.63) is 63.6 Å². The average molecular weight is 280 g/mol. The SMILES string of the molecule is Cc1cc(-c2ccc(C=CC(=O)O)cc2)c(C#N)c(=O)[nH]1. The molecule has 0 aliphatic rings. The van der Waals surface area contributed by atoms with Crippen LogP contribution in [-0.4, -0.2) is 16.1 Å². The van der Waals surface area contributed by atoms with Gasteiger partial charge in [-0.15, -0.1) is 0 Å². The number of pyridine rings is 1. The number of aryl methyl sites for hydroxylation is 1. The lowest BCUT2D eigenvalue weighted by Crippen LogP contribution is -2.12. The Bertz CT molecular complexity index is 809. The lowest BCUT2D eigenvalue weighted by atomic mass is 10.00. The largest absolute Gasteiger partial charge is 0.478 e. The summed E-state index contributed by atoms with van der Waals surface area (Å²) in [5.41, 5.74) is 2.34. The van der Waals surface area contributed by atoms with E-state index in [9.17, 15) is 9.59 Å². The normalized spacial score (nSPS) is 10.5. The Hall–Kier alpha value is -3.13. The molecule has 0 saturated heterocycles. The number of carbonyl (C=O) groups is 1. The summed E-state index contributed by atoms with van der Waals surface area (Å²) < 4.78 is 0. The first-order valence-corrected chi connectivity index (χ1v) is 6.16. The van der Waals surface area contributed by atoms with E-state index in [1.54, 1.807) is 37.3 Å². The molecule has 1 heterocycles. The van der Waals surface area contributed by atoms with Crippen LogP contribution in [-0.2, 0) is 4.79 Å². The van der Waals surface area contributed by atoms with Crippen molar-refractivity contribution < 1.29 is 9.90 Å². The summed E-state index contributed by atoms with van der Waals surface area (Å²) >= 11 is 0. The third kappa shape index (κ3) is 3.25. The number of hydrogen-bond acceptors (Lipinski definition) is 3. The minimum atomic E-state index is -1.02. The average Bonchev–Trinajstić information content (AvgIpc) is 2.45. The molecule has 0 aliphatic carbocycles. The molecule has 21 heavy (non-hydrogen) atoms. The van der Waals surface area contributed by atoms with Crippen molar-refractivity contribution in [2.24, 2.45) is 0 Å². The zero-order chi connectivity index (χ0) is 15.4. The van der Waals surface area contributed by atoms with E-state index in [0.717, 1.165) is 17.2 Å². The summed E-state index contributed by atoms with van der Waals surface area (Å²) in [6.45, 7) is 1.75. The highest BCUT2D eigenvalue weighted by atomic mass is 16.4. The van der Waals surface area contributed by atoms with E-state index in [1.807, 2.05) is 6.07 Å². The van der Waals surface area contributed by atoms with Gasteiger partial charge in [-0.2, -0.15) is 5.26 Å². The molecule has 1 aromatic heterocycles. The molecule has 0 amide bonds. The van der Waals surface area contributed by atoms with E-state index in [-0.39, 0.29) is 5.56 Å². The predicted molar refractivity (Wildman–Crippen MR) is 78.6 cm³/mol. The molecular weight excluding hydrogens is 268 g/mol. The van der Waals surface area contributed by atoms with Crippen LogP contribution in [0.25, 0.3) is 17.2 Å². The van der Waals surface area contributed by atoms with Gasteiger partial charge in [-0.05, 0) is 30.2 Å². The van der Waals surface area contributed by atoms with Gasteiger partial charge in [0.15, 0.2) is 0 Å². The molecule has 5 nitrogen and oxygen atoms in total. The van der Waals surface area contributed by atoms with Gasteiger partial charge >= 0.3 is 5.97 Å². The van der Waals surface area contributed by atoms with Crippen molar-refractivity contribution in [2.75, 3.05) is 0 Å². The van der Waals surface area contributed by atoms with E-state index < -0.39 is 11.5 Å². The van der Waals surface area contributed by atoms with Crippen LogP contribution in [0.15, 0.2) is 41.2 Å². The molecule has 0 unspecified atom stereocenters. The Kier molecular flexibility index (Phi) is 4.00. The number of aromatic nitrogens is 1. The first kappa shape index (κ1) is 14.3. The molecule has 0 bridgehead atoms. The molecule has 0 radical (unpaired) electrons. The van der Waals surface area contributed by atoms with Crippen LogP contribution < -0.4 is 5.56 Å². The van der Waals surface area contributed by atoms with Crippen LogP contribution in [0.2, 0.25) is 0 Å². The van der Waals surface area contributed by atoms with Crippen LogP contribution in [0.1, 0.15) is 16.8 Å². The number of aliphatic carboxylic acids is 1. The highest BCUT2D eigenvalue weighted by Gasteiger charge is 2.09. The summed E-state index contributed by atoms with van der Waals surface area (Å²) in [5, 5.41) is 17.7. The van der Waals surface area contributed by atoms with Crippen LogP contribution in [0.5, 0.6) is 0 Å². The lowest BCUT2D eigenvalue weighted by Gasteiger charge is -2.05. The number of rotatable bonds is 3. The number of nitrogens with zero attached hydrogens (tertiary/aromatic N) is 1. The van der Waals surface area contributed by atoms with Gasteiger partial charge in [0.05, 0.1) is 0 Å². The van der Waals surface area contributed by atoms with Crippen molar-refractivity contribution in [1.82, 2.24) is 4.98 Å².